The number of nitrogens with one attached hydrogen (secondary N) is 1. The van der Waals surface area contributed by atoms with E-state index >= 15 is 0 Å². The number of aromatic nitrogens is 2. The first-order valence-electron chi connectivity index (χ1n) is 7.16. The fraction of sp³-hybridized carbons (Fsp3) is 0.375. The van der Waals surface area contributed by atoms with Gasteiger partial charge in [-0.25, -0.2) is 4.98 Å². The third-order valence-corrected chi connectivity index (χ3v) is 4.47. The predicted octanol–water partition coefficient (Wildman–Crippen LogP) is 2.86. The molecule has 1 fully saturated rings. The molecular weight excluding hydrogens is 282 g/mol. The van der Waals surface area contributed by atoms with Gasteiger partial charge in [0.1, 0.15) is 0 Å². The topological polar surface area (TPSA) is 46.9 Å². The van der Waals surface area contributed by atoms with E-state index in [1.54, 1.807) is 6.20 Å². The standard InChI is InChI=1S/C16H19N3OS/c1-11-3-4-12(2)14(9-11)19-8-7-17-16(19)21-10-15(20)18-13-5-6-13/h3-4,7-9,13H,5-6,10H2,1-2H3,(H,18,20). The summed E-state index contributed by atoms with van der Waals surface area (Å²) in [5, 5.41) is 3.86. The van der Waals surface area contributed by atoms with Crippen molar-refractivity contribution in [2.24, 2.45) is 0 Å². The molecule has 2 aromatic rings. The number of imidazole rings is 1. The maximum absolute atomic E-state index is 11.8. The van der Waals surface area contributed by atoms with Gasteiger partial charge in [0.15, 0.2) is 5.16 Å². The van der Waals surface area contributed by atoms with Crippen LogP contribution in [0, 0.1) is 13.8 Å². The minimum atomic E-state index is 0.0954. The van der Waals surface area contributed by atoms with E-state index < -0.39 is 0 Å². The number of benzene rings is 1. The molecule has 0 bridgehead atoms. The highest BCUT2D eigenvalue weighted by Crippen LogP contribution is 2.24. The molecule has 1 aromatic heterocycles. The van der Waals surface area contributed by atoms with E-state index in [2.05, 4.69) is 46.9 Å². The summed E-state index contributed by atoms with van der Waals surface area (Å²) in [5.74, 6) is 0.510. The van der Waals surface area contributed by atoms with Crippen LogP contribution in [0.15, 0.2) is 35.7 Å². The van der Waals surface area contributed by atoms with E-state index in [1.807, 2.05) is 6.20 Å². The van der Waals surface area contributed by atoms with E-state index in [0.29, 0.717) is 11.8 Å². The largest absolute Gasteiger partial charge is 0.353 e. The Morgan fingerprint density at radius 3 is 3.00 bits per heavy atom. The first-order chi connectivity index (χ1) is 10.1. The zero-order chi connectivity index (χ0) is 14.8. The highest BCUT2D eigenvalue weighted by Gasteiger charge is 2.23. The molecule has 0 atom stereocenters. The number of thioether (sulfide) groups is 1. The average Bonchev–Trinajstić information content (AvgIpc) is 3.14. The molecule has 0 radical (unpaired) electrons. The van der Waals surface area contributed by atoms with Gasteiger partial charge < -0.3 is 5.32 Å². The first kappa shape index (κ1) is 14.2. The Morgan fingerprint density at radius 1 is 1.43 bits per heavy atom. The van der Waals surface area contributed by atoms with E-state index in [0.717, 1.165) is 23.7 Å². The fourth-order valence-electron chi connectivity index (χ4n) is 2.19. The van der Waals surface area contributed by atoms with Crippen molar-refractivity contribution in [2.75, 3.05) is 5.75 Å². The second-order valence-corrected chi connectivity index (χ2v) is 6.44. The van der Waals surface area contributed by atoms with E-state index in [9.17, 15) is 4.79 Å². The van der Waals surface area contributed by atoms with Crippen LogP contribution < -0.4 is 5.32 Å². The highest BCUT2D eigenvalue weighted by atomic mass is 32.2. The quantitative estimate of drug-likeness (QED) is 0.864. The van der Waals surface area contributed by atoms with Gasteiger partial charge in [-0.05, 0) is 43.9 Å². The van der Waals surface area contributed by atoms with Crippen molar-refractivity contribution in [1.82, 2.24) is 14.9 Å². The second kappa shape index (κ2) is 5.93. The molecule has 4 nitrogen and oxygen atoms in total. The molecule has 5 heteroatoms. The Kier molecular flexibility index (Phi) is 4.01. The van der Waals surface area contributed by atoms with Crippen molar-refractivity contribution >= 4 is 17.7 Å². The lowest BCUT2D eigenvalue weighted by Gasteiger charge is -2.11. The lowest BCUT2D eigenvalue weighted by Crippen LogP contribution is -2.27. The predicted molar refractivity (Wildman–Crippen MR) is 84.9 cm³/mol. The summed E-state index contributed by atoms with van der Waals surface area (Å²) in [4.78, 5) is 16.2. The van der Waals surface area contributed by atoms with E-state index in [1.165, 1.54) is 22.9 Å². The van der Waals surface area contributed by atoms with Crippen LogP contribution in [0.5, 0.6) is 0 Å². The summed E-state index contributed by atoms with van der Waals surface area (Å²) >= 11 is 1.48. The van der Waals surface area contributed by atoms with Crippen LogP contribution in [0.25, 0.3) is 5.69 Å². The van der Waals surface area contributed by atoms with Crippen LogP contribution in [0.2, 0.25) is 0 Å². The Bertz CT molecular complexity index is 661. The smallest absolute Gasteiger partial charge is 0.230 e. The molecule has 0 saturated heterocycles. The van der Waals surface area contributed by atoms with Crippen LogP contribution in [0.4, 0.5) is 0 Å². The minimum absolute atomic E-state index is 0.0954. The van der Waals surface area contributed by atoms with E-state index in [-0.39, 0.29) is 5.91 Å². The minimum Gasteiger partial charge on any atom is -0.353 e. The van der Waals surface area contributed by atoms with E-state index in [4.69, 9.17) is 0 Å². The van der Waals surface area contributed by atoms with Gasteiger partial charge in [-0.1, -0.05) is 23.9 Å². The average molecular weight is 301 g/mol. The molecule has 0 unspecified atom stereocenters. The van der Waals surface area contributed by atoms with Crippen LogP contribution >= 0.6 is 11.8 Å². The molecule has 1 saturated carbocycles. The molecule has 0 aliphatic heterocycles. The molecule has 1 aromatic carbocycles. The van der Waals surface area contributed by atoms with Gasteiger partial charge in [-0.15, -0.1) is 0 Å². The fourth-order valence-corrected chi connectivity index (χ4v) is 2.96. The number of rotatable bonds is 5. The highest BCUT2D eigenvalue weighted by molar-refractivity contribution is 7.99. The van der Waals surface area contributed by atoms with Crippen molar-refractivity contribution in [2.45, 2.75) is 37.9 Å². The van der Waals surface area contributed by atoms with Gasteiger partial charge in [-0.2, -0.15) is 0 Å². The first-order valence-corrected chi connectivity index (χ1v) is 8.15. The SMILES string of the molecule is Cc1ccc(C)c(-n2ccnc2SCC(=O)NC2CC2)c1. The van der Waals surface area contributed by atoms with Gasteiger partial charge in [-0.3, -0.25) is 9.36 Å². The van der Waals surface area contributed by atoms with Gasteiger partial charge in [0, 0.05) is 18.4 Å². The number of nitrogens with zero attached hydrogens (tertiary/aromatic N) is 2. The molecule has 1 amide bonds. The van der Waals surface area contributed by atoms with Crippen LogP contribution in [-0.2, 0) is 4.79 Å². The Labute approximate surface area is 129 Å². The van der Waals surface area contributed by atoms with Crippen LogP contribution in [0.1, 0.15) is 24.0 Å². The normalized spacial score (nSPS) is 14.2. The molecule has 3 rings (SSSR count). The summed E-state index contributed by atoms with van der Waals surface area (Å²) in [6.07, 6.45) is 5.97. The second-order valence-electron chi connectivity index (χ2n) is 5.50. The van der Waals surface area contributed by atoms with Crippen molar-refractivity contribution < 1.29 is 4.79 Å². The lowest BCUT2D eigenvalue weighted by molar-refractivity contribution is -0.118. The van der Waals surface area contributed by atoms with Gasteiger partial charge in [0.2, 0.25) is 5.91 Å². The molecule has 110 valence electrons. The van der Waals surface area contributed by atoms with Crippen molar-refractivity contribution in [3.8, 4) is 5.69 Å². The summed E-state index contributed by atoms with van der Waals surface area (Å²) < 4.78 is 2.05. The van der Waals surface area contributed by atoms with Crippen LogP contribution in [-0.4, -0.2) is 27.3 Å². The van der Waals surface area contributed by atoms with Crippen LogP contribution in [0.3, 0.4) is 0 Å². The molecule has 1 heterocycles. The van der Waals surface area contributed by atoms with Gasteiger partial charge in [0.25, 0.3) is 0 Å². The summed E-state index contributed by atoms with van der Waals surface area (Å²) in [5.41, 5.74) is 3.53. The number of amides is 1. The number of hydrogen-bond acceptors (Lipinski definition) is 3. The zero-order valence-electron chi connectivity index (χ0n) is 12.3. The number of carbonyl (C=O) groups is 1. The Morgan fingerprint density at radius 2 is 2.24 bits per heavy atom. The van der Waals surface area contributed by atoms with Crippen molar-refractivity contribution in [3.63, 3.8) is 0 Å². The summed E-state index contributed by atoms with van der Waals surface area (Å²) in [6, 6.07) is 6.77. The molecule has 1 aliphatic carbocycles. The summed E-state index contributed by atoms with van der Waals surface area (Å²) in [6.45, 7) is 4.17. The van der Waals surface area contributed by atoms with Crippen molar-refractivity contribution in [1.29, 1.82) is 0 Å². The Hall–Kier alpha value is -1.75. The molecule has 1 N–H and O–H groups in total. The zero-order valence-corrected chi connectivity index (χ0v) is 13.1. The molecule has 1 aliphatic rings. The molecule has 21 heavy (non-hydrogen) atoms. The maximum atomic E-state index is 11.8. The monoisotopic (exact) mass is 301 g/mol. The number of aryl methyl sites for hydroxylation is 2. The van der Waals surface area contributed by atoms with Gasteiger partial charge in [0.05, 0.1) is 11.4 Å². The summed E-state index contributed by atoms with van der Waals surface area (Å²) in [7, 11) is 0. The Balaban J connectivity index is 1.73. The third-order valence-electron chi connectivity index (χ3n) is 3.51. The van der Waals surface area contributed by atoms with Gasteiger partial charge >= 0.3 is 0 Å². The number of carbonyl (C=O) groups excluding carboxylic acids is 1. The lowest BCUT2D eigenvalue weighted by atomic mass is 10.1. The maximum Gasteiger partial charge on any atom is 0.230 e. The van der Waals surface area contributed by atoms with Crippen molar-refractivity contribution in [3.05, 3.63) is 41.7 Å². The molecular formula is C16H19N3OS. The number of hydrogen-bond donors (Lipinski definition) is 1. The molecule has 0 spiro atoms. The third kappa shape index (κ3) is 3.47.